The first-order valence-corrected chi connectivity index (χ1v) is 6.89. The lowest BCUT2D eigenvalue weighted by Gasteiger charge is -2.07. The second-order valence-corrected chi connectivity index (χ2v) is 4.56. The van der Waals surface area contributed by atoms with Gasteiger partial charge in [0.1, 0.15) is 6.61 Å². The van der Waals surface area contributed by atoms with Gasteiger partial charge in [0.25, 0.3) is 0 Å². The van der Waals surface area contributed by atoms with Crippen LogP contribution < -0.4 is 0 Å². The fourth-order valence-electron chi connectivity index (χ4n) is 1.70. The van der Waals surface area contributed by atoms with E-state index in [0.717, 1.165) is 11.1 Å². The molecule has 0 bridgehead atoms. The largest absolute Gasteiger partial charge is 0.498 e. The zero-order chi connectivity index (χ0) is 14.8. The topological polar surface area (TPSA) is 38.7 Å². The molecule has 110 valence electrons. The van der Waals surface area contributed by atoms with E-state index in [1.807, 2.05) is 13.8 Å². The van der Waals surface area contributed by atoms with Crippen LogP contribution in [0.2, 0.25) is 0 Å². The third-order valence-corrected chi connectivity index (χ3v) is 3.05. The summed E-state index contributed by atoms with van der Waals surface area (Å²) in [6.07, 6.45) is 3.86. The maximum atomic E-state index is 8.57. The van der Waals surface area contributed by atoms with Gasteiger partial charge >= 0.3 is 0 Å². The van der Waals surface area contributed by atoms with Gasteiger partial charge in [-0.25, -0.2) is 0 Å². The van der Waals surface area contributed by atoms with Gasteiger partial charge in [0.15, 0.2) is 0 Å². The van der Waals surface area contributed by atoms with Gasteiger partial charge in [-0.15, -0.1) is 0 Å². The van der Waals surface area contributed by atoms with Crippen LogP contribution in [0.1, 0.15) is 31.9 Å². The lowest BCUT2D eigenvalue weighted by molar-refractivity contribution is 0.0603. The summed E-state index contributed by atoms with van der Waals surface area (Å²) in [7, 11) is 0. The summed E-state index contributed by atoms with van der Waals surface area (Å²) < 4.78 is 10.6. The van der Waals surface area contributed by atoms with E-state index in [9.17, 15) is 0 Å². The van der Waals surface area contributed by atoms with Gasteiger partial charge in [-0.05, 0) is 49.1 Å². The summed E-state index contributed by atoms with van der Waals surface area (Å²) in [6, 6.07) is 8.39. The Morgan fingerprint density at radius 3 is 2.45 bits per heavy atom. The fourth-order valence-corrected chi connectivity index (χ4v) is 1.70. The number of hydrogen-bond acceptors (Lipinski definition) is 3. The van der Waals surface area contributed by atoms with Crippen molar-refractivity contribution in [3.8, 4) is 0 Å². The molecule has 3 heteroatoms. The van der Waals surface area contributed by atoms with E-state index in [1.165, 1.54) is 11.1 Å². The first kappa shape index (κ1) is 16.5. The van der Waals surface area contributed by atoms with Gasteiger partial charge in [-0.3, -0.25) is 0 Å². The zero-order valence-corrected chi connectivity index (χ0v) is 12.6. The maximum absolute atomic E-state index is 8.57. The molecule has 0 atom stereocenters. The number of aliphatic hydroxyl groups excluding tert-OH is 1. The monoisotopic (exact) mass is 276 g/mol. The van der Waals surface area contributed by atoms with Gasteiger partial charge in [0.2, 0.25) is 0 Å². The van der Waals surface area contributed by atoms with Crippen LogP contribution in [-0.4, -0.2) is 31.5 Å². The predicted molar refractivity (Wildman–Crippen MR) is 83.3 cm³/mol. The van der Waals surface area contributed by atoms with Crippen LogP contribution in [0.5, 0.6) is 0 Å². The number of ether oxygens (including phenoxy) is 2. The van der Waals surface area contributed by atoms with E-state index in [0.29, 0.717) is 19.8 Å². The van der Waals surface area contributed by atoms with Crippen molar-refractivity contribution in [2.75, 3.05) is 26.4 Å². The molecule has 20 heavy (non-hydrogen) atoms. The molecule has 0 amide bonds. The number of benzene rings is 1. The van der Waals surface area contributed by atoms with Crippen LogP contribution in [-0.2, 0) is 9.47 Å². The quantitative estimate of drug-likeness (QED) is 0.583. The van der Waals surface area contributed by atoms with E-state index in [-0.39, 0.29) is 6.61 Å². The molecule has 1 N–H and O–H groups in total. The molecule has 0 saturated carbocycles. The third-order valence-electron chi connectivity index (χ3n) is 3.05. The highest BCUT2D eigenvalue weighted by Gasteiger charge is 2.00. The Bertz CT molecular complexity index is 461. The zero-order valence-electron chi connectivity index (χ0n) is 12.6. The van der Waals surface area contributed by atoms with Crippen LogP contribution >= 0.6 is 0 Å². The van der Waals surface area contributed by atoms with Gasteiger partial charge < -0.3 is 14.6 Å². The molecular formula is C17H24O3. The molecular weight excluding hydrogens is 252 g/mol. The van der Waals surface area contributed by atoms with Crippen LogP contribution in [0.3, 0.4) is 0 Å². The summed E-state index contributed by atoms with van der Waals surface area (Å²) in [5.74, 6) is 0. The molecule has 0 heterocycles. The van der Waals surface area contributed by atoms with E-state index < -0.39 is 0 Å². The van der Waals surface area contributed by atoms with E-state index in [2.05, 4.69) is 37.3 Å². The molecule has 0 saturated heterocycles. The van der Waals surface area contributed by atoms with E-state index in [1.54, 1.807) is 6.26 Å². The summed E-state index contributed by atoms with van der Waals surface area (Å²) >= 11 is 0. The van der Waals surface area contributed by atoms with E-state index >= 15 is 0 Å². The SMILES string of the molecule is C/C=C(\C)c1cccc(/C(C)=C/OCCOCCO)c1. The standard InChI is InChI=1S/C17H24O3/c1-4-14(2)16-6-5-7-17(12-16)15(3)13-20-11-10-19-9-8-18/h4-7,12-13,18H,8-11H2,1-3H3/b14-4+,15-13+. The fraction of sp³-hybridized carbons (Fsp3) is 0.412. The van der Waals surface area contributed by atoms with Gasteiger partial charge in [0.05, 0.1) is 26.1 Å². The Labute approximate surface area is 121 Å². The van der Waals surface area contributed by atoms with Gasteiger partial charge in [0, 0.05) is 0 Å². The molecule has 0 unspecified atom stereocenters. The van der Waals surface area contributed by atoms with E-state index in [4.69, 9.17) is 14.6 Å². The Hall–Kier alpha value is -1.58. The van der Waals surface area contributed by atoms with Crippen LogP contribution in [0, 0.1) is 0 Å². The van der Waals surface area contributed by atoms with Crippen LogP contribution in [0.15, 0.2) is 36.6 Å². The minimum Gasteiger partial charge on any atom is -0.498 e. The molecule has 0 aliphatic carbocycles. The van der Waals surface area contributed by atoms with Crippen molar-refractivity contribution in [3.63, 3.8) is 0 Å². The molecule has 1 rings (SSSR count). The summed E-state index contributed by atoms with van der Waals surface area (Å²) in [4.78, 5) is 0. The van der Waals surface area contributed by atoms with Crippen LogP contribution in [0.4, 0.5) is 0 Å². The molecule has 0 fully saturated rings. The summed E-state index contributed by atoms with van der Waals surface area (Å²) in [6.45, 7) is 7.56. The average Bonchev–Trinajstić information content (AvgIpc) is 2.49. The molecule has 3 nitrogen and oxygen atoms in total. The second kappa shape index (κ2) is 9.34. The van der Waals surface area contributed by atoms with Crippen molar-refractivity contribution >= 4 is 11.1 Å². The Morgan fingerprint density at radius 1 is 1.10 bits per heavy atom. The lowest BCUT2D eigenvalue weighted by Crippen LogP contribution is -2.05. The molecule has 0 radical (unpaired) electrons. The highest BCUT2D eigenvalue weighted by molar-refractivity contribution is 5.70. The molecule has 0 aliphatic rings. The Kier molecular flexibility index (Phi) is 7.70. The highest BCUT2D eigenvalue weighted by atomic mass is 16.5. The van der Waals surface area contributed by atoms with Crippen molar-refractivity contribution in [2.45, 2.75) is 20.8 Å². The van der Waals surface area contributed by atoms with Crippen molar-refractivity contribution in [1.82, 2.24) is 0 Å². The minimum atomic E-state index is 0.0476. The molecule has 0 spiro atoms. The minimum absolute atomic E-state index is 0.0476. The van der Waals surface area contributed by atoms with Crippen molar-refractivity contribution in [1.29, 1.82) is 0 Å². The number of rotatable bonds is 8. The normalized spacial score (nSPS) is 12.6. The van der Waals surface area contributed by atoms with Crippen molar-refractivity contribution in [3.05, 3.63) is 47.7 Å². The maximum Gasteiger partial charge on any atom is 0.111 e. The summed E-state index contributed by atoms with van der Waals surface area (Å²) in [5.41, 5.74) is 4.72. The first-order valence-electron chi connectivity index (χ1n) is 6.89. The molecule has 1 aromatic rings. The predicted octanol–water partition coefficient (Wildman–Crippen LogP) is 3.50. The van der Waals surface area contributed by atoms with Crippen LogP contribution in [0.25, 0.3) is 11.1 Å². The van der Waals surface area contributed by atoms with Crippen molar-refractivity contribution < 1.29 is 14.6 Å². The highest BCUT2D eigenvalue weighted by Crippen LogP contribution is 2.20. The smallest absolute Gasteiger partial charge is 0.111 e. The third kappa shape index (κ3) is 5.59. The molecule has 1 aromatic carbocycles. The Morgan fingerprint density at radius 2 is 1.80 bits per heavy atom. The van der Waals surface area contributed by atoms with Crippen molar-refractivity contribution in [2.24, 2.45) is 0 Å². The van der Waals surface area contributed by atoms with Gasteiger partial charge in [-0.1, -0.05) is 24.3 Å². The molecule has 0 aromatic heterocycles. The average molecular weight is 276 g/mol. The number of allylic oxidation sites excluding steroid dienone is 3. The lowest BCUT2D eigenvalue weighted by atomic mass is 10.0. The molecule has 0 aliphatic heterocycles. The first-order chi connectivity index (χ1) is 9.69. The summed E-state index contributed by atoms with van der Waals surface area (Å²) in [5, 5.41) is 8.57. The number of hydrogen-bond donors (Lipinski definition) is 1. The second-order valence-electron chi connectivity index (χ2n) is 4.56. The number of aliphatic hydroxyl groups is 1. The van der Waals surface area contributed by atoms with Gasteiger partial charge in [-0.2, -0.15) is 0 Å². The Balaban J connectivity index is 2.56.